The number of phenolic OH excluding ortho intramolecular Hbond substituents is 1. The van der Waals surface area contributed by atoms with E-state index >= 15 is 0 Å². The zero-order valence-corrected chi connectivity index (χ0v) is 14.8. The van der Waals surface area contributed by atoms with Crippen LogP contribution in [-0.4, -0.2) is 73.6 Å². The maximum Gasteiger partial charge on any atom is 0.229 e. The van der Waals surface area contributed by atoms with Gasteiger partial charge in [-0.2, -0.15) is 0 Å². The Balaban J connectivity index is 1.71. The number of hydrogen-bond acceptors (Lipinski definition) is 10. The van der Waals surface area contributed by atoms with Crippen LogP contribution in [0.5, 0.6) is 11.5 Å². The summed E-state index contributed by atoms with van der Waals surface area (Å²) in [4.78, 5) is 16.3. The van der Waals surface area contributed by atoms with Crippen molar-refractivity contribution < 1.29 is 39.8 Å². The van der Waals surface area contributed by atoms with E-state index < -0.39 is 37.3 Å². The largest absolute Gasteiger partial charge is 0.507 e. The lowest BCUT2D eigenvalue weighted by molar-refractivity contribution is -0.277. The Labute approximate surface area is 158 Å². The van der Waals surface area contributed by atoms with E-state index in [2.05, 4.69) is 4.98 Å². The summed E-state index contributed by atoms with van der Waals surface area (Å²) in [5, 5.41) is 50.5. The number of ketones is 1. The lowest BCUT2D eigenvalue weighted by Gasteiger charge is -2.39. The maximum absolute atomic E-state index is 12.3. The molecule has 146 valence electrons. The van der Waals surface area contributed by atoms with Gasteiger partial charge in [0.25, 0.3) is 0 Å². The molecule has 0 radical (unpaired) electrons. The van der Waals surface area contributed by atoms with E-state index in [9.17, 15) is 30.3 Å². The molecule has 2 heterocycles. The third-order valence-corrected chi connectivity index (χ3v) is 4.83. The van der Waals surface area contributed by atoms with Gasteiger partial charge in [0, 0.05) is 11.4 Å². The number of aromatic nitrogens is 1. The van der Waals surface area contributed by atoms with Gasteiger partial charge in [-0.05, 0) is 12.1 Å². The van der Waals surface area contributed by atoms with Crippen molar-refractivity contribution in [3.8, 4) is 11.5 Å². The zero-order chi connectivity index (χ0) is 19.6. The SMILES string of the molecule is O=C(Cc1cscn1)c1ccc(O[C@H]2O[C@@H](CO)[C@@H](O)[C@@H](O)[C@H]2O)cc1O. The Morgan fingerprint density at radius 1 is 1.22 bits per heavy atom. The highest BCUT2D eigenvalue weighted by Crippen LogP contribution is 2.29. The first-order valence-corrected chi connectivity index (χ1v) is 9.05. The van der Waals surface area contributed by atoms with Crippen molar-refractivity contribution in [1.29, 1.82) is 0 Å². The molecule has 0 unspecified atom stereocenters. The molecule has 0 spiro atoms. The minimum Gasteiger partial charge on any atom is -0.507 e. The summed E-state index contributed by atoms with van der Waals surface area (Å²) in [6, 6.07) is 3.94. The molecule has 5 N–H and O–H groups in total. The van der Waals surface area contributed by atoms with E-state index in [1.165, 1.54) is 29.5 Å². The van der Waals surface area contributed by atoms with Gasteiger partial charge in [0.2, 0.25) is 6.29 Å². The predicted octanol–water partition coefficient (Wildman–Crippen LogP) is -0.547. The third kappa shape index (κ3) is 4.26. The van der Waals surface area contributed by atoms with Crippen LogP contribution in [0.15, 0.2) is 29.1 Å². The monoisotopic (exact) mass is 397 g/mol. The normalized spacial score (nSPS) is 28.1. The highest BCUT2D eigenvalue weighted by molar-refractivity contribution is 7.07. The fourth-order valence-corrected chi connectivity index (χ4v) is 3.26. The number of ether oxygens (including phenoxy) is 2. The predicted molar refractivity (Wildman–Crippen MR) is 92.7 cm³/mol. The van der Waals surface area contributed by atoms with Crippen molar-refractivity contribution in [2.45, 2.75) is 37.1 Å². The topological polar surface area (TPSA) is 150 Å². The van der Waals surface area contributed by atoms with E-state index in [1.807, 2.05) is 0 Å². The lowest BCUT2D eigenvalue weighted by Crippen LogP contribution is -2.60. The molecule has 2 aromatic rings. The number of nitrogens with zero attached hydrogens (tertiary/aromatic N) is 1. The summed E-state index contributed by atoms with van der Waals surface area (Å²) in [5.41, 5.74) is 2.30. The molecule has 5 atom stereocenters. The minimum absolute atomic E-state index is 0.0456. The average molecular weight is 397 g/mol. The number of aliphatic hydroxyl groups excluding tert-OH is 4. The summed E-state index contributed by atoms with van der Waals surface area (Å²) in [6.45, 7) is -0.583. The maximum atomic E-state index is 12.3. The molecular formula is C17H19NO8S. The first kappa shape index (κ1) is 19.7. The number of hydrogen-bond donors (Lipinski definition) is 5. The van der Waals surface area contributed by atoms with Crippen LogP contribution < -0.4 is 4.74 Å². The number of carbonyl (C=O) groups is 1. The van der Waals surface area contributed by atoms with E-state index in [0.717, 1.165) is 0 Å². The Hall–Kier alpha value is -2.08. The zero-order valence-electron chi connectivity index (χ0n) is 14.0. The highest BCUT2D eigenvalue weighted by Gasteiger charge is 2.44. The van der Waals surface area contributed by atoms with Crippen LogP contribution in [0.25, 0.3) is 0 Å². The lowest BCUT2D eigenvalue weighted by atomic mass is 9.99. The van der Waals surface area contributed by atoms with Gasteiger partial charge in [-0.25, -0.2) is 4.98 Å². The number of phenols is 1. The van der Waals surface area contributed by atoms with Gasteiger partial charge in [0.05, 0.1) is 29.8 Å². The summed E-state index contributed by atoms with van der Waals surface area (Å²) in [6.07, 6.45) is -7.09. The van der Waals surface area contributed by atoms with Crippen molar-refractivity contribution in [3.05, 3.63) is 40.3 Å². The Morgan fingerprint density at radius 3 is 2.63 bits per heavy atom. The molecular weight excluding hydrogens is 378 g/mol. The number of carbonyl (C=O) groups excluding carboxylic acids is 1. The first-order valence-electron chi connectivity index (χ1n) is 8.11. The van der Waals surface area contributed by atoms with Gasteiger partial charge in [0.1, 0.15) is 35.9 Å². The molecule has 1 saturated heterocycles. The second-order valence-electron chi connectivity index (χ2n) is 6.07. The highest BCUT2D eigenvalue weighted by atomic mass is 32.1. The van der Waals surface area contributed by atoms with Crippen LogP contribution in [-0.2, 0) is 11.2 Å². The van der Waals surface area contributed by atoms with Gasteiger partial charge < -0.3 is 35.0 Å². The number of thiazole rings is 1. The molecule has 1 aliphatic rings. The van der Waals surface area contributed by atoms with Gasteiger partial charge in [0.15, 0.2) is 5.78 Å². The number of aromatic hydroxyl groups is 1. The number of benzene rings is 1. The van der Waals surface area contributed by atoms with Crippen LogP contribution >= 0.6 is 11.3 Å². The summed E-state index contributed by atoms with van der Waals surface area (Å²) in [7, 11) is 0. The molecule has 1 aromatic carbocycles. The smallest absolute Gasteiger partial charge is 0.229 e. The molecule has 0 bridgehead atoms. The molecule has 0 amide bonds. The third-order valence-electron chi connectivity index (χ3n) is 4.20. The summed E-state index contributed by atoms with van der Waals surface area (Å²) >= 11 is 1.37. The quantitative estimate of drug-likeness (QED) is 0.405. The van der Waals surface area contributed by atoms with E-state index in [-0.39, 0.29) is 29.3 Å². The Bertz CT molecular complexity index is 781. The molecule has 0 saturated carbocycles. The average Bonchev–Trinajstić information content (AvgIpc) is 3.15. The van der Waals surface area contributed by atoms with E-state index in [0.29, 0.717) is 5.69 Å². The second-order valence-corrected chi connectivity index (χ2v) is 6.79. The van der Waals surface area contributed by atoms with Gasteiger partial charge >= 0.3 is 0 Å². The Kier molecular flexibility index (Phi) is 6.05. The summed E-state index contributed by atoms with van der Waals surface area (Å²) < 4.78 is 10.6. The van der Waals surface area contributed by atoms with Crippen LogP contribution in [0.1, 0.15) is 16.1 Å². The van der Waals surface area contributed by atoms with E-state index in [1.54, 1.807) is 10.9 Å². The van der Waals surface area contributed by atoms with Gasteiger partial charge in [-0.3, -0.25) is 4.79 Å². The van der Waals surface area contributed by atoms with Gasteiger partial charge in [-0.15, -0.1) is 11.3 Å². The molecule has 3 rings (SSSR count). The first-order chi connectivity index (χ1) is 12.9. The van der Waals surface area contributed by atoms with Gasteiger partial charge in [-0.1, -0.05) is 0 Å². The molecule has 10 heteroatoms. The van der Waals surface area contributed by atoms with Crippen molar-refractivity contribution in [3.63, 3.8) is 0 Å². The van der Waals surface area contributed by atoms with Crippen LogP contribution in [0.2, 0.25) is 0 Å². The second kappa shape index (κ2) is 8.30. The number of aliphatic hydroxyl groups is 4. The van der Waals surface area contributed by atoms with Crippen molar-refractivity contribution in [2.75, 3.05) is 6.61 Å². The summed E-state index contributed by atoms with van der Waals surface area (Å²) in [5.74, 6) is -0.572. The van der Waals surface area contributed by atoms with E-state index in [4.69, 9.17) is 9.47 Å². The molecule has 9 nitrogen and oxygen atoms in total. The molecule has 0 aliphatic carbocycles. The molecule has 1 fully saturated rings. The van der Waals surface area contributed by atoms with Crippen LogP contribution in [0, 0.1) is 0 Å². The Morgan fingerprint density at radius 2 is 2.00 bits per heavy atom. The molecule has 1 aliphatic heterocycles. The number of Topliss-reactive ketones (excluding diaryl/α,β-unsaturated/α-hetero) is 1. The van der Waals surface area contributed by atoms with Crippen molar-refractivity contribution in [1.82, 2.24) is 4.98 Å². The van der Waals surface area contributed by atoms with Crippen molar-refractivity contribution >= 4 is 17.1 Å². The fourth-order valence-electron chi connectivity index (χ4n) is 2.70. The number of rotatable bonds is 6. The molecule has 27 heavy (non-hydrogen) atoms. The van der Waals surface area contributed by atoms with Crippen LogP contribution in [0.4, 0.5) is 0 Å². The minimum atomic E-state index is -1.58. The molecule has 1 aromatic heterocycles. The standard InChI is InChI=1S/C17H19NO8S/c19-5-13-14(22)15(23)16(24)17(26-13)25-9-1-2-10(12(21)4-9)11(20)3-8-6-27-7-18-8/h1-2,4,6-7,13-17,19,21-24H,3,5H2/t13-,14+,15+,16+,17-/m0/s1. The fraction of sp³-hybridized carbons (Fsp3) is 0.412. The van der Waals surface area contributed by atoms with Crippen LogP contribution in [0.3, 0.4) is 0 Å². The van der Waals surface area contributed by atoms with Crippen molar-refractivity contribution in [2.24, 2.45) is 0 Å².